The number of fused-ring (bicyclic) bond motifs is 1. The van der Waals surface area contributed by atoms with E-state index in [2.05, 4.69) is 4.72 Å². The van der Waals surface area contributed by atoms with E-state index in [-0.39, 0.29) is 52.6 Å². The molecule has 0 aromatic heterocycles. The average molecular weight is 706 g/mol. The highest BCUT2D eigenvalue weighted by atomic mass is 32.2. The molecule has 1 heterocycles. The quantitative estimate of drug-likeness (QED) is 0.325. The lowest BCUT2D eigenvalue weighted by molar-refractivity contribution is -0.00834. The highest BCUT2D eigenvalue weighted by Gasteiger charge is 2.32. The fourth-order valence-electron chi connectivity index (χ4n) is 5.40. The van der Waals surface area contributed by atoms with E-state index in [9.17, 15) is 31.1 Å². The van der Waals surface area contributed by atoms with Crippen LogP contribution in [0.1, 0.15) is 50.4 Å². The van der Waals surface area contributed by atoms with Crippen LogP contribution in [-0.2, 0) is 24.8 Å². The molecular formula is C34H44FN3O8S2. The van der Waals surface area contributed by atoms with E-state index in [0.717, 1.165) is 22.9 Å². The van der Waals surface area contributed by atoms with E-state index in [1.54, 1.807) is 31.2 Å². The number of likely N-dealkylation sites (N-methyl/N-ethyl adjacent to an activating group) is 1. The highest BCUT2D eigenvalue weighted by Crippen LogP contribution is 2.30. The van der Waals surface area contributed by atoms with Gasteiger partial charge in [0.25, 0.3) is 15.9 Å². The molecule has 0 fully saturated rings. The second-order valence-electron chi connectivity index (χ2n) is 12.2. The molecule has 4 atom stereocenters. The Morgan fingerprint density at radius 2 is 1.69 bits per heavy atom. The Balaban J connectivity index is 1.67. The fraction of sp³-hybridized carbons (Fsp3) is 0.441. The Morgan fingerprint density at radius 3 is 2.35 bits per heavy atom. The van der Waals surface area contributed by atoms with Crippen LogP contribution in [0.25, 0.3) is 0 Å². The van der Waals surface area contributed by atoms with Crippen molar-refractivity contribution < 1.29 is 40.6 Å². The van der Waals surface area contributed by atoms with E-state index in [1.165, 1.54) is 48.3 Å². The summed E-state index contributed by atoms with van der Waals surface area (Å²) in [6.07, 6.45) is 1.10. The zero-order valence-corrected chi connectivity index (χ0v) is 29.2. The number of ether oxygens (including phenoxy) is 2. The van der Waals surface area contributed by atoms with Gasteiger partial charge < -0.3 is 19.5 Å². The molecule has 48 heavy (non-hydrogen) atoms. The van der Waals surface area contributed by atoms with Crippen LogP contribution in [0, 0.1) is 11.7 Å². The van der Waals surface area contributed by atoms with E-state index < -0.39 is 49.8 Å². The number of anilines is 1. The van der Waals surface area contributed by atoms with Crippen LogP contribution >= 0.6 is 0 Å². The van der Waals surface area contributed by atoms with E-state index in [4.69, 9.17) is 9.47 Å². The maximum Gasteiger partial charge on any atom is 0.261 e. The van der Waals surface area contributed by atoms with Gasteiger partial charge in [-0.05, 0) is 87.7 Å². The van der Waals surface area contributed by atoms with Crippen LogP contribution in [-0.4, -0.2) is 88.7 Å². The molecule has 2 N–H and O–H groups in total. The number of benzene rings is 3. The Morgan fingerprint density at radius 1 is 1.00 bits per heavy atom. The van der Waals surface area contributed by atoms with Gasteiger partial charge in [0.2, 0.25) is 10.0 Å². The number of carbonyl (C=O) groups excluding carboxylic acids is 1. The summed E-state index contributed by atoms with van der Waals surface area (Å²) in [4.78, 5) is 15.8. The minimum Gasteiger partial charge on any atom is -0.490 e. The molecular weight excluding hydrogens is 662 g/mol. The van der Waals surface area contributed by atoms with Crippen LogP contribution in [0.2, 0.25) is 0 Å². The van der Waals surface area contributed by atoms with Gasteiger partial charge in [0.05, 0.1) is 40.2 Å². The number of aliphatic hydroxyl groups excluding tert-OH is 1. The summed E-state index contributed by atoms with van der Waals surface area (Å²) in [7, 11) is -6.51. The molecule has 0 unspecified atom stereocenters. The van der Waals surface area contributed by atoms with Crippen molar-refractivity contribution in [3.63, 3.8) is 0 Å². The Labute approximate surface area is 282 Å². The smallest absolute Gasteiger partial charge is 0.261 e. The van der Waals surface area contributed by atoms with Gasteiger partial charge >= 0.3 is 0 Å². The molecule has 1 amide bonds. The van der Waals surface area contributed by atoms with Crippen molar-refractivity contribution in [2.24, 2.45) is 5.92 Å². The molecule has 0 bridgehead atoms. The second-order valence-corrected chi connectivity index (χ2v) is 15.9. The maximum atomic E-state index is 14.3. The topological polar surface area (TPSA) is 143 Å². The van der Waals surface area contributed by atoms with Crippen molar-refractivity contribution in [2.75, 3.05) is 38.1 Å². The first-order chi connectivity index (χ1) is 22.7. The molecule has 1 aliphatic rings. The summed E-state index contributed by atoms with van der Waals surface area (Å²) in [5.74, 6) is -1.20. The van der Waals surface area contributed by atoms with Gasteiger partial charge in [0, 0.05) is 38.3 Å². The summed E-state index contributed by atoms with van der Waals surface area (Å²) in [5.41, 5.74) is 0.259. The summed E-state index contributed by atoms with van der Waals surface area (Å²) in [6.45, 7) is 5.40. The van der Waals surface area contributed by atoms with Gasteiger partial charge in [-0.1, -0.05) is 25.1 Å². The Bertz CT molecular complexity index is 1740. The molecule has 14 heteroatoms. The molecule has 0 spiro atoms. The van der Waals surface area contributed by atoms with Crippen molar-refractivity contribution in [1.29, 1.82) is 0 Å². The number of amides is 1. The number of rotatable bonds is 9. The van der Waals surface area contributed by atoms with Gasteiger partial charge in [0.1, 0.15) is 11.6 Å². The van der Waals surface area contributed by atoms with Gasteiger partial charge in [-0.2, -0.15) is 4.31 Å². The van der Waals surface area contributed by atoms with Crippen LogP contribution in [0.15, 0.2) is 82.6 Å². The summed E-state index contributed by atoms with van der Waals surface area (Å²) < 4.78 is 82.5. The largest absolute Gasteiger partial charge is 0.490 e. The van der Waals surface area contributed by atoms with Crippen molar-refractivity contribution >= 4 is 31.6 Å². The first kappa shape index (κ1) is 37.3. The Hall–Kier alpha value is -3.56. The number of hydrogen-bond acceptors (Lipinski definition) is 8. The first-order valence-electron chi connectivity index (χ1n) is 15.9. The summed E-state index contributed by atoms with van der Waals surface area (Å²) >= 11 is 0. The molecule has 1 aliphatic heterocycles. The number of sulfonamides is 2. The molecule has 3 aromatic carbocycles. The molecule has 0 saturated carbocycles. The van der Waals surface area contributed by atoms with E-state index in [0.29, 0.717) is 19.4 Å². The van der Waals surface area contributed by atoms with E-state index in [1.807, 2.05) is 13.8 Å². The molecule has 0 saturated heterocycles. The number of nitrogens with one attached hydrogen (secondary N) is 1. The number of carbonyl (C=O) groups is 1. The SMILES string of the molecule is C[C@H]1CCCCO[C@H](CN(C)S(=O)(=O)c2ccc(F)cc2)[C@@H](C)CN([C@@H](C)CO)C(=O)c2cc(NS(=O)(=O)c3ccccc3)ccc2O1. The standard InChI is InChI=1S/C34H44FN3O8S2/c1-24-21-38(25(2)23-39)34(40)31-20-28(36-47(41,42)29-11-6-5-7-12-29)15-18-32(31)46-26(3)10-8-9-19-45-33(24)22-37(4)48(43,44)30-16-13-27(35)14-17-30/h5-7,11-18,20,24-26,33,36,39H,8-10,19,21-23H2,1-4H3/t24-,25-,26-,33+/m0/s1. The lowest BCUT2D eigenvalue weighted by atomic mass is 10.0. The summed E-state index contributed by atoms with van der Waals surface area (Å²) in [6, 6.07) is 16.3. The van der Waals surface area contributed by atoms with Gasteiger partial charge in [-0.25, -0.2) is 21.2 Å². The highest BCUT2D eigenvalue weighted by molar-refractivity contribution is 7.92. The second kappa shape index (κ2) is 16.2. The molecule has 0 aliphatic carbocycles. The number of aliphatic hydroxyl groups is 1. The maximum absolute atomic E-state index is 14.3. The molecule has 0 radical (unpaired) electrons. The van der Waals surface area contributed by atoms with Crippen LogP contribution in [0.5, 0.6) is 5.75 Å². The van der Waals surface area contributed by atoms with Gasteiger partial charge in [-0.15, -0.1) is 0 Å². The van der Waals surface area contributed by atoms with Crippen molar-refractivity contribution in [1.82, 2.24) is 9.21 Å². The average Bonchev–Trinajstić information content (AvgIpc) is 3.06. The predicted molar refractivity (Wildman–Crippen MR) is 180 cm³/mol. The molecule has 11 nitrogen and oxygen atoms in total. The van der Waals surface area contributed by atoms with Crippen LogP contribution in [0.4, 0.5) is 10.1 Å². The number of hydrogen-bond donors (Lipinski definition) is 2. The van der Waals surface area contributed by atoms with Crippen LogP contribution in [0.3, 0.4) is 0 Å². The third-order valence-corrected chi connectivity index (χ3v) is 11.6. The zero-order valence-electron chi connectivity index (χ0n) is 27.6. The predicted octanol–water partition coefficient (Wildman–Crippen LogP) is 4.74. The molecule has 262 valence electrons. The minimum absolute atomic E-state index is 0.0437. The monoisotopic (exact) mass is 705 g/mol. The molecule has 3 aromatic rings. The number of nitrogens with zero attached hydrogens (tertiary/aromatic N) is 2. The van der Waals surface area contributed by atoms with Crippen molar-refractivity contribution in [2.45, 2.75) is 68.1 Å². The normalized spacial score (nSPS) is 20.8. The lowest BCUT2D eigenvalue weighted by Crippen LogP contribution is -2.48. The van der Waals surface area contributed by atoms with Crippen LogP contribution < -0.4 is 9.46 Å². The Kier molecular flexibility index (Phi) is 12.6. The minimum atomic E-state index is -3.98. The van der Waals surface area contributed by atoms with Gasteiger partial charge in [0.15, 0.2) is 0 Å². The summed E-state index contributed by atoms with van der Waals surface area (Å²) in [5, 5.41) is 10.2. The van der Waals surface area contributed by atoms with E-state index >= 15 is 0 Å². The third kappa shape index (κ3) is 9.32. The fourth-order valence-corrected chi connectivity index (χ4v) is 7.65. The lowest BCUT2D eigenvalue weighted by Gasteiger charge is -2.35. The van der Waals surface area contributed by atoms with Gasteiger partial charge in [-0.3, -0.25) is 9.52 Å². The zero-order chi connectivity index (χ0) is 35.1. The van der Waals surface area contributed by atoms with Crippen molar-refractivity contribution in [3.8, 4) is 5.75 Å². The first-order valence-corrected chi connectivity index (χ1v) is 18.8. The third-order valence-electron chi connectivity index (χ3n) is 8.32. The molecule has 4 rings (SSSR count). The number of halogens is 1. The van der Waals surface area contributed by atoms with Crippen molar-refractivity contribution in [3.05, 3.63) is 84.2 Å².